The van der Waals surface area contributed by atoms with Crippen LogP contribution in [0.25, 0.3) is 0 Å². The normalized spacial score (nSPS) is 13.0. The van der Waals surface area contributed by atoms with E-state index in [0.29, 0.717) is 6.42 Å². The molecular weight excluding hydrogens is 564 g/mol. The Kier molecular flexibility index (Phi) is 15.2. The lowest BCUT2D eigenvalue weighted by atomic mass is 10.00. The van der Waals surface area contributed by atoms with Crippen molar-refractivity contribution in [2.24, 2.45) is 11.7 Å². The lowest BCUT2D eigenvalue weighted by Gasteiger charge is -2.31. The summed E-state index contributed by atoms with van der Waals surface area (Å²) in [5, 5.41) is 5.47. The highest BCUT2D eigenvalue weighted by atomic mass is 16.5. The van der Waals surface area contributed by atoms with Gasteiger partial charge < -0.3 is 30.7 Å². The molecule has 3 atom stereocenters. The summed E-state index contributed by atoms with van der Waals surface area (Å²) in [6, 6.07) is 15.6. The number of amides is 4. The van der Waals surface area contributed by atoms with Crippen molar-refractivity contribution < 1.29 is 33.4 Å². The lowest BCUT2D eigenvalue weighted by Crippen LogP contribution is -2.56. The molecule has 44 heavy (non-hydrogen) atoms. The highest BCUT2D eigenvalue weighted by molar-refractivity contribution is 5.91. The first-order valence-corrected chi connectivity index (χ1v) is 14.7. The maximum absolute atomic E-state index is 13.9. The topological polar surface area (TPSA) is 157 Å². The number of hydrogen-bond acceptors (Lipinski definition) is 7. The zero-order chi connectivity index (χ0) is 32.5. The quantitative estimate of drug-likeness (QED) is 0.184. The number of nitrogens with two attached hydrogens (primary N) is 1. The van der Waals surface area contributed by atoms with Gasteiger partial charge in [0.2, 0.25) is 17.7 Å². The number of hydrogen-bond donors (Lipinski definition) is 3. The first kappa shape index (κ1) is 35.5. The van der Waals surface area contributed by atoms with Crippen molar-refractivity contribution in [3.05, 3.63) is 83.9 Å². The monoisotopic (exact) mass is 608 g/mol. The fraction of sp³-hybridized carbons (Fsp3) is 0.424. The minimum atomic E-state index is -1.03. The second-order valence-electron chi connectivity index (χ2n) is 10.8. The number of nitrogens with one attached hydrogen (secondary N) is 2. The number of rotatable bonds is 17. The third-order valence-corrected chi connectivity index (χ3v) is 6.70. The Morgan fingerprint density at radius 2 is 1.50 bits per heavy atom. The SMILES string of the molecule is CCOC(=O)/C=C/[C@H](CCC(N)=O)N(C)C(=O)[C@H](Cc1ccccc1)NC(=O)[C@H](CC(C)C)NC(=O)OCc1ccccc1. The number of carbonyl (C=O) groups excluding carboxylic acids is 5. The summed E-state index contributed by atoms with van der Waals surface area (Å²) < 4.78 is 10.3. The van der Waals surface area contributed by atoms with Crippen LogP contribution in [-0.2, 0) is 41.7 Å². The van der Waals surface area contributed by atoms with Crippen LogP contribution in [0.15, 0.2) is 72.8 Å². The molecule has 11 nitrogen and oxygen atoms in total. The molecule has 0 unspecified atom stereocenters. The Bertz CT molecular complexity index is 1250. The van der Waals surface area contributed by atoms with Gasteiger partial charge in [-0.15, -0.1) is 0 Å². The zero-order valence-corrected chi connectivity index (χ0v) is 25.9. The summed E-state index contributed by atoms with van der Waals surface area (Å²) in [5.41, 5.74) is 6.95. The first-order valence-electron chi connectivity index (χ1n) is 14.7. The molecule has 0 fully saturated rings. The van der Waals surface area contributed by atoms with E-state index in [1.165, 1.54) is 24.1 Å². The fourth-order valence-corrected chi connectivity index (χ4v) is 4.43. The average molecular weight is 609 g/mol. The number of nitrogens with zero attached hydrogens (tertiary/aromatic N) is 1. The molecule has 0 bridgehead atoms. The van der Waals surface area contributed by atoms with Crippen molar-refractivity contribution in [2.45, 2.75) is 71.2 Å². The van der Waals surface area contributed by atoms with Crippen LogP contribution >= 0.6 is 0 Å². The average Bonchev–Trinajstić information content (AvgIpc) is 2.99. The van der Waals surface area contributed by atoms with Crippen molar-refractivity contribution in [1.29, 1.82) is 0 Å². The van der Waals surface area contributed by atoms with Crippen molar-refractivity contribution in [3.63, 3.8) is 0 Å². The van der Waals surface area contributed by atoms with Gasteiger partial charge in [0.25, 0.3) is 0 Å². The van der Waals surface area contributed by atoms with Crippen molar-refractivity contribution in [1.82, 2.24) is 15.5 Å². The number of primary amides is 1. The van der Waals surface area contributed by atoms with Gasteiger partial charge in [-0.25, -0.2) is 9.59 Å². The molecule has 238 valence electrons. The summed E-state index contributed by atoms with van der Waals surface area (Å²) in [4.78, 5) is 65.0. The van der Waals surface area contributed by atoms with E-state index in [4.69, 9.17) is 15.2 Å². The summed E-state index contributed by atoms with van der Waals surface area (Å²) in [5.74, 6) is -2.11. The Morgan fingerprint density at radius 1 is 0.886 bits per heavy atom. The molecule has 0 aromatic heterocycles. The fourth-order valence-electron chi connectivity index (χ4n) is 4.43. The number of esters is 1. The molecule has 0 aliphatic carbocycles. The molecule has 4 amide bonds. The molecule has 2 aromatic carbocycles. The number of ether oxygens (including phenoxy) is 2. The van der Waals surface area contributed by atoms with Gasteiger partial charge >= 0.3 is 12.1 Å². The third-order valence-electron chi connectivity index (χ3n) is 6.70. The third kappa shape index (κ3) is 13.1. The maximum Gasteiger partial charge on any atom is 0.408 e. The molecule has 0 saturated heterocycles. The largest absolute Gasteiger partial charge is 0.463 e. The Labute approximate surface area is 259 Å². The zero-order valence-electron chi connectivity index (χ0n) is 25.9. The molecule has 0 saturated carbocycles. The van der Waals surface area contributed by atoms with E-state index in [0.717, 1.165) is 11.1 Å². The Balaban J connectivity index is 2.27. The van der Waals surface area contributed by atoms with Crippen LogP contribution in [0.2, 0.25) is 0 Å². The minimum absolute atomic E-state index is 0.0311. The van der Waals surface area contributed by atoms with E-state index < -0.39 is 47.9 Å². The van der Waals surface area contributed by atoms with Gasteiger partial charge in [-0.05, 0) is 36.8 Å². The summed E-state index contributed by atoms with van der Waals surface area (Å²) >= 11 is 0. The smallest absolute Gasteiger partial charge is 0.408 e. The number of alkyl carbamates (subject to hydrolysis) is 1. The Morgan fingerprint density at radius 3 is 2.07 bits per heavy atom. The highest BCUT2D eigenvalue weighted by Crippen LogP contribution is 2.14. The van der Waals surface area contributed by atoms with Gasteiger partial charge in [-0.3, -0.25) is 14.4 Å². The van der Waals surface area contributed by atoms with Crippen LogP contribution < -0.4 is 16.4 Å². The second kappa shape index (κ2) is 18.8. The van der Waals surface area contributed by atoms with Crippen LogP contribution in [0.1, 0.15) is 51.2 Å². The number of benzene rings is 2. The van der Waals surface area contributed by atoms with E-state index in [2.05, 4.69) is 10.6 Å². The van der Waals surface area contributed by atoms with Crippen molar-refractivity contribution >= 4 is 29.8 Å². The molecule has 2 rings (SSSR count). The first-order chi connectivity index (χ1) is 21.0. The Hall–Kier alpha value is -4.67. The molecule has 2 aromatic rings. The number of likely N-dealkylation sites (N-methyl/N-ethyl adjacent to an activating group) is 1. The van der Waals surface area contributed by atoms with Crippen LogP contribution in [0.4, 0.5) is 4.79 Å². The maximum atomic E-state index is 13.9. The minimum Gasteiger partial charge on any atom is -0.463 e. The molecule has 0 spiro atoms. The molecule has 0 aliphatic heterocycles. The predicted octanol–water partition coefficient (Wildman–Crippen LogP) is 3.27. The van der Waals surface area contributed by atoms with Crippen LogP contribution in [0.5, 0.6) is 0 Å². The van der Waals surface area contributed by atoms with Gasteiger partial charge in [-0.1, -0.05) is 80.6 Å². The summed E-state index contributed by atoms with van der Waals surface area (Å²) in [6.07, 6.45) is 2.51. The molecule has 0 radical (unpaired) electrons. The summed E-state index contributed by atoms with van der Waals surface area (Å²) in [6.45, 7) is 5.72. The van der Waals surface area contributed by atoms with E-state index in [1.807, 2.05) is 74.5 Å². The van der Waals surface area contributed by atoms with E-state index >= 15 is 0 Å². The van der Waals surface area contributed by atoms with Gasteiger partial charge in [-0.2, -0.15) is 0 Å². The van der Waals surface area contributed by atoms with Gasteiger partial charge in [0.15, 0.2) is 0 Å². The molecule has 11 heteroatoms. The van der Waals surface area contributed by atoms with E-state index in [-0.39, 0.29) is 38.4 Å². The molecule has 0 heterocycles. The highest BCUT2D eigenvalue weighted by Gasteiger charge is 2.31. The van der Waals surface area contributed by atoms with Crippen LogP contribution in [-0.4, -0.2) is 66.5 Å². The van der Waals surface area contributed by atoms with Gasteiger partial charge in [0, 0.05) is 26.0 Å². The van der Waals surface area contributed by atoms with Crippen molar-refractivity contribution in [3.8, 4) is 0 Å². The van der Waals surface area contributed by atoms with Gasteiger partial charge in [0.1, 0.15) is 18.7 Å². The number of carbonyl (C=O) groups is 5. The van der Waals surface area contributed by atoms with Crippen LogP contribution in [0.3, 0.4) is 0 Å². The van der Waals surface area contributed by atoms with E-state index in [9.17, 15) is 24.0 Å². The van der Waals surface area contributed by atoms with E-state index in [1.54, 1.807) is 6.92 Å². The molecule has 0 aliphatic rings. The summed E-state index contributed by atoms with van der Waals surface area (Å²) in [7, 11) is 1.53. The molecular formula is C33H44N4O7. The van der Waals surface area contributed by atoms with Crippen molar-refractivity contribution in [2.75, 3.05) is 13.7 Å². The van der Waals surface area contributed by atoms with Crippen LogP contribution in [0, 0.1) is 5.92 Å². The second-order valence-corrected chi connectivity index (χ2v) is 10.8. The lowest BCUT2D eigenvalue weighted by molar-refractivity contribution is -0.138. The predicted molar refractivity (Wildman–Crippen MR) is 166 cm³/mol. The molecule has 4 N–H and O–H groups in total. The standard InChI is InChI=1S/C33H44N4O7/c1-5-43-30(39)19-17-26(16-18-29(34)38)37(4)32(41)28(21-24-12-8-6-9-13-24)35-31(40)27(20-23(2)3)36-33(42)44-22-25-14-10-7-11-15-25/h6-15,17,19,23,26-28H,5,16,18,20-22H2,1-4H3,(H2,34,38)(H,35,40)(H,36,42)/b19-17+/t26-,27-,28-/m0/s1. The van der Waals surface area contributed by atoms with Gasteiger partial charge in [0.05, 0.1) is 12.6 Å².